The normalized spacial score (nSPS) is 13.8. The number of carbonyl (C=O) groups is 2. The number of alkyl carbamates (subject to hydrolysis) is 1. The minimum absolute atomic E-state index is 0.305. The van der Waals surface area contributed by atoms with Crippen LogP contribution in [0.1, 0.15) is 41.0 Å². The van der Waals surface area contributed by atoms with Crippen molar-refractivity contribution in [3.8, 4) is 0 Å². The first-order valence-electron chi connectivity index (χ1n) is 7.90. The van der Waals surface area contributed by atoms with E-state index in [2.05, 4.69) is 10.6 Å². The van der Waals surface area contributed by atoms with Crippen LogP contribution in [0.2, 0.25) is 0 Å². The molecule has 0 aliphatic heterocycles. The van der Waals surface area contributed by atoms with Crippen molar-refractivity contribution in [2.75, 3.05) is 5.32 Å². The molecule has 0 heterocycles. The highest BCUT2D eigenvalue weighted by Gasteiger charge is 2.29. The molecule has 140 valence electrons. The van der Waals surface area contributed by atoms with E-state index in [-0.39, 0.29) is 5.92 Å². The van der Waals surface area contributed by atoms with E-state index in [1.807, 2.05) is 0 Å². The van der Waals surface area contributed by atoms with Gasteiger partial charge in [0.2, 0.25) is 5.91 Å². The van der Waals surface area contributed by atoms with Gasteiger partial charge < -0.3 is 15.4 Å². The van der Waals surface area contributed by atoms with E-state index in [1.54, 1.807) is 34.6 Å². The number of hydrogen-bond acceptors (Lipinski definition) is 3. The van der Waals surface area contributed by atoms with Gasteiger partial charge in [-0.05, 0) is 38.8 Å². The van der Waals surface area contributed by atoms with E-state index in [9.17, 15) is 22.8 Å². The van der Waals surface area contributed by atoms with Crippen molar-refractivity contribution in [2.45, 2.75) is 52.7 Å². The number of hydrogen-bond donors (Lipinski definition) is 2. The van der Waals surface area contributed by atoms with Gasteiger partial charge in [0, 0.05) is 0 Å². The van der Waals surface area contributed by atoms with Crippen LogP contribution in [0.5, 0.6) is 0 Å². The molecule has 0 aromatic heterocycles. The summed E-state index contributed by atoms with van der Waals surface area (Å²) in [5.74, 6) is -5.61. The summed E-state index contributed by atoms with van der Waals surface area (Å²) in [6.45, 7) is 8.52. The molecule has 0 aliphatic rings. The molecule has 2 atom stereocenters. The molecule has 2 amide bonds. The summed E-state index contributed by atoms with van der Waals surface area (Å²) in [4.78, 5) is 24.3. The fraction of sp³-hybridized carbons (Fsp3) is 0.529. The summed E-state index contributed by atoms with van der Waals surface area (Å²) in [7, 11) is 0. The van der Waals surface area contributed by atoms with Crippen LogP contribution >= 0.6 is 0 Å². The van der Waals surface area contributed by atoms with Gasteiger partial charge in [-0.25, -0.2) is 18.0 Å². The van der Waals surface area contributed by atoms with E-state index < -0.39 is 46.8 Å². The van der Waals surface area contributed by atoms with E-state index >= 15 is 0 Å². The molecule has 0 fully saturated rings. The smallest absolute Gasteiger partial charge is 0.408 e. The van der Waals surface area contributed by atoms with Crippen LogP contribution < -0.4 is 10.6 Å². The van der Waals surface area contributed by atoms with Gasteiger partial charge in [-0.15, -0.1) is 0 Å². The predicted octanol–water partition coefficient (Wildman–Crippen LogP) is 3.98. The maximum absolute atomic E-state index is 13.7. The van der Waals surface area contributed by atoms with E-state index in [0.717, 1.165) is 6.07 Å². The number of halogens is 3. The first kappa shape index (κ1) is 20.8. The molecule has 0 saturated carbocycles. The van der Waals surface area contributed by atoms with Crippen molar-refractivity contribution in [1.29, 1.82) is 0 Å². The molecule has 0 saturated heterocycles. The molecule has 5 nitrogen and oxygen atoms in total. The van der Waals surface area contributed by atoms with Crippen molar-refractivity contribution in [1.82, 2.24) is 5.32 Å². The Labute approximate surface area is 144 Å². The highest BCUT2D eigenvalue weighted by Crippen LogP contribution is 2.21. The van der Waals surface area contributed by atoms with Crippen LogP contribution in [-0.2, 0) is 9.53 Å². The second-order valence-electron chi connectivity index (χ2n) is 6.72. The average molecular weight is 360 g/mol. The molecule has 2 N–H and O–H groups in total. The van der Waals surface area contributed by atoms with Gasteiger partial charge >= 0.3 is 6.09 Å². The number of benzene rings is 1. The number of anilines is 1. The molecule has 1 aromatic rings. The van der Waals surface area contributed by atoms with Gasteiger partial charge in [0.15, 0.2) is 17.5 Å². The SMILES string of the molecule is CCC(C)C(NC(=O)OC(C)(C)C)C(=O)Nc1ccc(F)c(F)c1F. The summed E-state index contributed by atoms with van der Waals surface area (Å²) in [6.07, 6.45) is -0.271. The van der Waals surface area contributed by atoms with Crippen LogP contribution in [0.4, 0.5) is 23.7 Å². The first-order valence-corrected chi connectivity index (χ1v) is 7.90. The van der Waals surface area contributed by atoms with Crippen LogP contribution in [-0.4, -0.2) is 23.6 Å². The summed E-state index contributed by atoms with van der Waals surface area (Å²) in [5, 5.41) is 4.60. The quantitative estimate of drug-likeness (QED) is 0.781. The Morgan fingerprint density at radius 1 is 1.16 bits per heavy atom. The monoisotopic (exact) mass is 360 g/mol. The number of amides is 2. The third kappa shape index (κ3) is 5.95. The largest absolute Gasteiger partial charge is 0.444 e. The standard InChI is InChI=1S/C17H23F3N2O3/c1-6-9(2)14(22-16(24)25-17(3,4)5)15(23)21-11-8-7-10(18)12(19)13(11)20/h7-9,14H,6H2,1-5H3,(H,21,23)(H,22,24). The van der Waals surface area contributed by atoms with Gasteiger partial charge in [-0.3, -0.25) is 4.79 Å². The van der Waals surface area contributed by atoms with E-state index in [1.165, 1.54) is 0 Å². The van der Waals surface area contributed by atoms with Gasteiger partial charge in [-0.1, -0.05) is 20.3 Å². The Balaban J connectivity index is 2.95. The summed E-state index contributed by atoms with van der Waals surface area (Å²) in [5.41, 5.74) is -1.27. The van der Waals surface area contributed by atoms with E-state index in [0.29, 0.717) is 12.5 Å². The summed E-state index contributed by atoms with van der Waals surface area (Å²) < 4.78 is 45.1. The van der Waals surface area contributed by atoms with Gasteiger partial charge in [-0.2, -0.15) is 0 Å². The molecule has 0 spiro atoms. The lowest BCUT2D eigenvalue weighted by molar-refractivity contribution is -0.119. The Hall–Kier alpha value is -2.25. The molecule has 1 aromatic carbocycles. The van der Waals surface area contributed by atoms with Gasteiger partial charge in [0.1, 0.15) is 11.6 Å². The summed E-state index contributed by atoms with van der Waals surface area (Å²) >= 11 is 0. The predicted molar refractivity (Wildman–Crippen MR) is 87.6 cm³/mol. The zero-order valence-corrected chi connectivity index (χ0v) is 14.9. The zero-order chi connectivity index (χ0) is 19.4. The zero-order valence-electron chi connectivity index (χ0n) is 14.9. The van der Waals surface area contributed by atoms with Crippen LogP contribution in [0.25, 0.3) is 0 Å². The molecular weight excluding hydrogens is 337 g/mol. The first-order chi connectivity index (χ1) is 11.5. The van der Waals surface area contributed by atoms with Crippen molar-refractivity contribution in [2.24, 2.45) is 5.92 Å². The minimum Gasteiger partial charge on any atom is -0.444 e. The van der Waals surface area contributed by atoms with Crippen molar-refractivity contribution in [3.63, 3.8) is 0 Å². The van der Waals surface area contributed by atoms with Crippen LogP contribution in [0, 0.1) is 23.4 Å². The molecule has 1 rings (SSSR count). The molecule has 25 heavy (non-hydrogen) atoms. The molecular formula is C17H23F3N2O3. The number of carbonyl (C=O) groups excluding carboxylic acids is 2. The molecule has 0 aliphatic carbocycles. The van der Waals surface area contributed by atoms with Crippen molar-refractivity contribution >= 4 is 17.7 Å². The highest BCUT2D eigenvalue weighted by atomic mass is 19.2. The van der Waals surface area contributed by atoms with Gasteiger partial charge in [0.25, 0.3) is 0 Å². The third-order valence-electron chi connectivity index (χ3n) is 3.46. The molecule has 8 heteroatoms. The lowest BCUT2D eigenvalue weighted by Gasteiger charge is -2.26. The fourth-order valence-corrected chi connectivity index (χ4v) is 1.97. The average Bonchev–Trinajstić information content (AvgIpc) is 2.50. The Kier molecular flexibility index (Phi) is 6.84. The summed E-state index contributed by atoms with van der Waals surface area (Å²) in [6, 6.07) is 0.577. The Morgan fingerprint density at radius 2 is 1.76 bits per heavy atom. The topological polar surface area (TPSA) is 67.4 Å². The maximum atomic E-state index is 13.7. The molecule has 0 radical (unpaired) electrons. The molecule has 2 unspecified atom stereocenters. The van der Waals surface area contributed by atoms with Gasteiger partial charge in [0.05, 0.1) is 5.69 Å². The highest BCUT2D eigenvalue weighted by molar-refractivity contribution is 5.96. The Bertz CT molecular complexity index is 645. The van der Waals surface area contributed by atoms with Crippen LogP contribution in [0.3, 0.4) is 0 Å². The lowest BCUT2D eigenvalue weighted by atomic mass is 9.98. The second-order valence-corrected chi connectivity index (χ2v) is 6.72. The van der Waals surface area contributed by atoms with E-state index in [4.69, 9.17) is 4.74 Å². The number of ether oxygens (including phenoxy) is 1. The maximum Gasteiger partial charge on any atom is 0.408 e. The molecule has 0 bridgehead atoms. The number of rotatable bonds is 5. The third-order valence-corrected chi connectivity index (χ3v) is 3.46. The van der Waals surface area contributed by atoms with Crippen LogP contribution in [0.15, 0.2) is 12.1 Å². The number of nitrogens with one attached hydrogen (secondary N) is 2. The van der Waals surface area contributed by atoms with Crippen molar-refractivity contribution in [3.05, 3.63) is 29.6 Å². The minimum atomic E-state index is -1.68. The fourth-order valence-electron chi connectivity index (χ4n) is 1.97. The lowest BCUT2D eigenvalue weighted by Crippen LogP contribution is -2.49. The Morgan fingerprint density at radius 3 is 2.28 bits per heavy atom. The van der Waals surface area contributed by atoms with Crippen molar-refractivity contribution < 1.29 is 27.5 Å². The second kappa shape index (κ2) is 8.22.